The monoisotopic (exact) mass is 478 g/mol. The van der Waals surface area contributed by atoms with Gasteiger partial charge >= 0.3 is 0 Å². The lowest BCUT2D eigenvalue weighted by atomic mass is 10.2. The first-order valence-corrected chi connectivity index (χ1v) is 11.0. The van der Waals surface area contributed by atoms with E-state index in [-0.39, 0.29) is 11.7 Å². The smallest absolute Gasteiger partial charge is 0.234 e. The van der Waals surface area contributed by atoms with Crippen LogP contribution in [0.5, 0.6) is 0 Å². The Kier molecular flexibility index (Phi) is 7.15. The van der Waals surface area contributed by atoms with Crippen LogP contribution in [-0.4, -0.2) is 26.4 Å². The fourth-order valence-corrected chi connectivity index (χ4v) is 4.15. The molecule has 0 bridgehead atoms. The third kappa shape index (κ3) is 5.16. The molecule has 5 nitrogen and oxygen atoms in total. The van der Waals surface area contributed by atoms with Crippen molar-refractivity contribution in [1.29, 1.82) is 0 Å². The minimum Gasteiger partial charge on any atom is -0.324 e. The van der Waals surface area contributed by atoms with Crippen LogP contribution in [0.1, 0.15) is 18.9 Å². The summed E-state index contributed by atoms with van der Waals surface area (Å²) in [5, 5.41) is 13.0. The first kappa shape index (κ1) is 20.9. The van der Waals surface area contributed by atoms with E-state index in [1.807, 2.05) is 54.0 Å². The highest BCUT2D eigenvalue weighted by atomic mass is 79.9. The molecule has 0 saturated heterocycles. The summed E-state index contributed by atoms with van der Waals surface area (Å²) in [7, 11) is 0. The molecule has 0 aliphatic carbocycles. The maximum Gasteiger partial charge on any atom is 0.234 e. The van der Waals surface area contributed by atoms with Crippen LogP contribution in [0.2, 0.25) is 5.02 Å². The number of halogens is 2. The first-order valence-electron chi connectivity index (χ1n) is 8.86. The summed E-state index contributed by atoms with van der Waals surface area (Å²) < 4.78 is 2.91. The van der Waals surface area contributed by atoms with E-state index in [0.717, 1.165) is 45.2 Å². The Morgan fingerprint density at radius 2 is 1.96 bits per heavy atom. The largest absolute Gasteiger partial charge is 0.324 e. The molecule has 0 spiro atoms. The van der Waals surface area contributed by atoms with Gasteiger partial charge in [-0.15, -0.1) is 10.2 Å². The van der Waals surface area contributed by atoms with Crippen molar-refractivity contribution in [3.8, 4) is 11.4 Å². The van der Waals surface area contributed by atoms with Crippen LogP contribution in [0.25, 0.3) is 11.4 Å². The highest BCUT2D eigenvalue weighted by molar-refractivity contribution is 9.10. The quantitative estimate of drug-likeness (QED) is 0.434. The summed E-state index contributed by atoms with van der Waals surface area (Å²) in [6, 6.07) is 13.3. The average molecular weight is 480 g/mol. The summed E-state index contributed by atoms with van der Waals surface area (Å²) in [5.74, 6) is 0.944. The number of amides is 1. The van der Waals surface area contributed by atoms with Gasteiger partial charge in [0.2, 0.25) is 5.91 Å². The van der Waals surface area contributed by atoms with Crippen molar-refractivity contribution in [3.05, 3.63) is 57.5 Å². The summed E-state index contributed by atoms with van der Waals surface area (Å²) in [6.07, 6.45) is 0.939. The zero-order valence-corrected chi connectivity index (χ0v) is 18.7. The lowest BCUT2D eigenvalue weighted by Crippen LogP contribution is -2.15. The Bertz CT molecular complexity index is 975. The summed E-state index contributed by atoms with van der Waals surface area (Å²) >= 11 is 10.8. The van der Waals surface area contributed by atoms with Crippen molar-refractivity contribution in [3.63, 3.8) is 0 Å². The highest BCUT2D eigenvalue weighted by Gasteiger charge is 2.15. The van der Waals surface area contributed by atoms with Crippen LogP contribution in [0.15, 0.2) is 52.1 Å². The molecule has 1 heterocycles. The minimum absolute atomic E-state index is 0.0892. The Morgan fingerprint density at radius 1 is 1.21 bits per heavy atom. The third-order valence-corrected chi connectivity index (χ3v) is 5.87. The van der Waals surface area contributed by atoms with Crippen molar-refractivity contribution in [1.82, 2.24) is 14.8 Å². The number of rotatable bonds is 7. The normalized spacial score (nSPS) is 10.9. The molecule has 1 N–H and O–H groups in total. The molecule has 2 aromatic carbocycles. The molecule has 8 heteroatoms. The van der Waals surface area contributed by atoms with Crippen molar-refractivity contribution in [2.45, 2.75) is 32.0 Å². The standard InChI is InChI=1S/C20H20BrClN4OS/c1-3-10-26-19(14-5-7-15(22)8-6-14)24-25-20(26)28-12-18(27)23-17-9-4-13(2)11-16(17)21/h4-9,11H,3,10,12H2,1-2H3,(H,23,27). The number of nitrogens with one attached hydrogen (secondary N) is 1. The molecule has 146 valence electrons. The molecule has 3 rings (SSSR count). The van der Waals surface area contributed by atoms with Gasteiger partial charge in [0.1, 0.15) is 0 Å². The Balaban J connectivity index is 1.71. The van der Waals surface area contributed by atoms with Gasteiger partial charge < -0.3 is 9.88 Å². The van der Waals surface area contributed by atoms with Crippen LogP contribution >= 0.6 is 39.3 Å². The van der Waals surface area contributed by atoms with E-state index in [1.54, 1.807) is 0 Å². The van der Waals surface area contributed by atoms with Gasteiger partial charge in [0, 0.05) is 21.6 Å². The number of carbonyl (C=O) groups is 1. The van der Waals surface area contributed by atoms with Gasteiger partial charge in [0.05, 0.1) is 11.4 Å². The van der Waals surface area contributed by atoms with E-state index in [2.05, 4.69) is 38.4 Å². The van der Waals surface area contributed by atoms with Crippen LogP contribution in [0.3, 0.4) is 0 Å². The van der Waals surface area contributed by atoms with Gasteiger partial charge in [-0.3, -0.25) is 4.79 Å². The number of hydrogen-bond acceptors (Lipinski definition) is 4. The van der Waals surface area contributed by atoms with E-state index in [9.17, 15) is 4.79 Å². The molecule has 0 unspecified atom stereocenters. The predicted octanol–water partition coefficient (Wildman–Crippen LogP) is 5.81. The molecule has 0 aliphatic rings. The molecule has 0 fully saturated rings. The Hall–Kier alpha value is -1.83. The highest BCUT2D eigenvalue weighted by Crippen LogP contribution is 2.27. The van der Waals surface area contributed by atoms with E-state index in [4.69, 9.17) is 11.6 Å². The SMILES string of the molecule is CCCn1c(SCC(=O)Nc2ccc(C)cc2Br)nnc1-c1ccc(Cl)cc1. The van der Waals surface area contributed by atoms with Crippen molar-refractivity contribution >= 4 is 50.9 Å². The molecule has 3 aromatic rings. The Labute approximate surface area is 182 Å². The molecule has 28 heavy (non-hydrogen) atoms. The van der Waals surface area contributed by atoms with Crippen molar-refractivity contribution in [2.75, 3.05) is 11.1 Å². The molecular formula is C20H20BrClN4OS. The van der Waals surface area contributed by atoms with E-state index in [0.29, 0.717) is 5.02 Å². The van der Waals surface area contributed by atoms with Crippen LogP contribution in [0, 0.1) is 6.92 Å². The number of carbonyl (C=O) groups excluding carboxylic acids is 1. The number of hydrogen-bond donors (Lipinski definition) is 1. The maximum absolute atomic E-state index is 12.4. The first-order chi connectivity index (χ1) is 13.5. The average Bonchev–Trinajstić information content (AvgIpc) is 3.06. The van der Waals surface area contributed by atoms with Crippen molar-refractivity contribution in [2.24, 2.45) is 0 Å². The number of nitrogens with zero attached hydrogens (tertiary/aromatic N) is 3. The molecule has 0 saturated carbocycles. The van der Waals surface area contributed by atoms with E-state index in [1.165, 1.54) is 11.8 Å². The molecule has 0 atom stereocenters. The van der Waals surface area contributed by atoms with Crippen molar-refractivity contribution < 1.29 is 4.79 Å². The van der Waals surface area contributed by atoms with Gasteiger partial charge in [-0.25, -0.2) is 0 Å². The van der Waals surface area contributed by atoms with Crippen LogP contribution in [-0.2, 0) is 11.3 Å². The second-order valence-corrected chi connectivity index (χ2v) is 8.52. The lowest BCUT2D eigenvalue weighted by molar-refractivity contribution is -0.113. The fraction of sp³-hybridized carbons (Fsp3) is 0.250. The Morgan fingerprint density at radius 3 is 2.64 bits per heavy atom. The van der Waals surface area contributed by atoms with Gasteiger partial charge in [0.15, 0.2) is 11.0 Å². The third-order valence-electron chi connectivity index (χ3n) is 4.00. The predicted molar refractivity (Wildman–Crippen MR) is 119 cm³/mol. The number of aromatic nitrogens is 3. The van der Waals surface area contributed by atoms with Gasteiger partial charge in [-0.2, -0.15) is 0 Å². The number of anilines is 1. The zero-order chi connectivity index (χ0) is 20.1. The summed E-state index contributed by atoms with van der Waals surface area (Å²) in [5.41, 5.74) is 2.83. The summed E-state index contributed by atoms with van der Waals surface area (Å²) in [6.45, 7) is 4.88. The molecule has 0 aliphatic heterocycles. The van der Waals surface area contributed by atoms with E-state index >= 15 is 0 Å². The lowest BCUT2D eigenvalue weighted by Gasteiger charge is -2.10. The van der Waals surface area contributed by atoms with Crippen LogP contribution in [0.4, 0.5) is 5.69 Å². The number of aryl methyl sites for hydroxylation is 1. The van der Waals surface area contributed by atoms with Gasteiger partial charge in [-0.05, 0) is 71.2 Å². The minimum atomic E-state index is -0.0892. The number of benzene rings is 2. The zero-order valence-electron chi connectivity index (χ0n) is 15.6. The number of thioether (sulfide) groups is 1. The molecular weight excluding hydrogens is 460 g/mol. The molecule has 1 aromatic heterocycles. The molecule has 1 amide bonds. The van der Waals surface area contributed by atoms with E-state index < -0.39 is 0 Å². The summed E-state index contributed by atoms with van der Waals surface area (Å²) in [4.78, 5) is 12.4. The topological polar surface area (TPSA) is 59.8 Å². The second-order valence-electron chi connectivity index (χ2n) is 6.28. The van der Waals surface area contributed by atoms with Crippen LogP contribution < -0.4 is 5.32 Å². The molecule has 0 radical (unpaired) electrons. The second kappa shape index (κ2) is 9.58. The van der Waals surface area contributed by atoms with Gasteiger partial charge in [0.25, 0.3) is 0 Å². The maximum atomic E-state index is 12.4. The van der Waals surface area contributed by atoms with Gasteiger partial charge in [-0.1, -0.05) is 36.4 Å². The fourth-order valence-electron chi connectivity index (χ4n) is 2.67.